The van der Waals surface area contributed by atoms with Crippen LogP contribution in [0.15, 0.2) is 24.5 Å². The van der Waals surface area contributed by atoms with Gasteiger partial charge < -0.3 is 11.1 Å². The first kappa shape index (κ1) is 13.3. The maximum absolute atomic E-state index is 13.6. The SMILES string of the molecule is Cc1cc(F)c(Nc2cnc(C(N)=S)cn2)cc1F. The molecule has 19 heavy (non-hydrogen) atoms. The fourth-order valence-corrected chi connectivity index (χ4v) is 1.51. The molecule has 1 aromatic carbocycles. The van der Waals surface area contributed by atoms with Crippen LogP contribution in [0.3, 0.4) is 0 Å². The highest BCUT2D eigenvalue weighted by Gasteiger charge is 2.08. The second-order valence-corrected chi connectivity index (χ2v) is 4.30. The third kappa shape index (κ3) is 3.00. The van der Waals surface area contributed by atoms with Gasteiger partial charge in [0.25, 0.3) is 0 Å². The molecule has 0 unspecified atom stereocenters. The summed E-state index contributed by atoms with van der Waals surface area (Å²) in [5.41, 5.74) is 5.95. The smallest absolute Gasteiger partial charge is 0.148 e. The molecule has 0 bridgehead atoms. The summed E-state index contributed by atoms with van der Waals surface area (Å²) in [7, 11) is 0. The van der Waals surface area contributed by atoms with Crippen LogP contribution in [0.4, 0.5) is 20.3 Å². The number of halogens is 2. The molecule has 2 rings (SSSR count). The van der Waals surface area contributed by atoms with Gasteiger partial charge in [-0.3, -0.25) is 0 Å². The van der Waals surface area contributed by atoms with Crippen molar-refractivity contribution < 1.29 is 8.78 Å². The van der Waals surface area contributed by atoms with Crippen LogP contribution in [0.2, 0.25) is 0 Å². The van der Waals surface area contributed by atoms with E-state index in [1.807, 2.05) is 0 Å². The Kier molecular flexibility index (Phi) is 3.66. The number of benzene rings is 1. The Morgan fingerprint density at radius 2 is 1.95 bits per heavy atom. The van der Waals surface area contributed by atoms with E-state index in [-0.39, 0.29) is 22.1 Å². The van der Waals surface area contributed by atoms with Crippen LogP contribution in [0.5, 0.6) is 0 Å². The van der Waals surface area contributed by atoms with E-state index in [1.165, 1.54) is 19.3 Å². The largest absolute Gasteiger partial charge is 0.388 e. The van der Waals surface area contributed by atoms with Crippen molar-refractivity contribution in [2.45, 2.75) is 6.92 Å². The number of nitrogens with one attached hydrogen (secondary N) is 1. The Labute approximate surface area is 113 Å². The van der Waals surface area contributed by atoms with E-state index in [2.05, 4.69) is 15.3 Å². The molecule has 0 radical (unpaired) electrons. The summed E-state index contributed by atoms with van der Waals surface area (Å²) in [6.07, 6.45) is 2.69. The van der Waals surface area contributed by atoms with Crippen molar-refractivity contribution in [2.75, 3.05) is 5.32 Å². The molecule has 0 aliphatic rings. The number of nitrogens with zero attached hydrogens (tertiary/aromatic N) is 2. The zero-order valence-corrected chi connectivity index (χ0v) is 10.8. The van der Waals surface area contributed by atoms with E-state index in [4.69, 9.17) is 18.0 Å². The monoisotopic (exact) mass is 280 g/mol. The van der Waals surface area contributed by atoms with E-state index in [1.54, 1.807) is 0 Å². The van der Waals surface area contributed by atoms with Gasteiger partial charge in [0.1, 0.15) is 28.1 Å². The molecule has 1 aromatic heterocycles. The van der Waals surface area contributed by atoms with Crippen LogP contribution < -0.4 is 11.1 Å². The molecule has 4 nitrogen and oxygen atoms in total. The molecule has 0 saturated heterocycles. The van der Waals surface area contributed by atoms with E-state index < -0.39 is 11.6 Å². The Hall–Kier alpha value is -2.15. The molecule has 2 aromatic rings. The molecule has 3 N–H and O–H groups in total. The molecule has 0 atom stereocenters. The number of thiocarbonyl (C=S) groups is 1. The minimum Gasteiger partial charge on any atom is -0.388 e. The van der Waals surface area contributed by atoms with Crippen LogP contribution in [0.25, 0.3) is 0 Å². The first-order valence-electron chi connectivity index (χ1n) is 5.32. The van der Waals surface area contributed by atoms with Crippen molar-refractivity contribution in [1.29, 1.82) is 0 Å². The highest BCUT2D eigenvalue weighted by molar-refractivity contribution is 7.80. The van der Waals surface area contributed by atoms with E-state index in [0.29, 0.717) is 5.69 Å². The first-order chi connectivity index (χ1) is 8.97. The second-order valence-electron chi connectivity index (χ2n) is 3.86. The number of nitrogens with two attached hydrogens (primary N) is 1. The number of anilines is 2. The molecule has 1 heterocycles. The fourth-order valence-electron chi connectivity index (χ4n) is 1.40. The minimum atomic E-state index is -0.570. The van der Waals surface area contributed by atoms with Gasteiger partial charge in [-0.1, -0.05) is 12.2 Å². The fraction of sp³-hybridized carbons (Fsp3) is 0.0833. The van der Waals surface area contributed by atoms with Gasteiger partial charge in [-0.15, -0.1) is 0 Å². The Morgan fingerprint density at radius 3 is 2.53 bits per heavy atom. The highest BCUT2D eigenvalue weighted by atomic mass is 32.1. The molecule has 0 spiro atoms. The van der Waals surface area contributed by atoms with Gasteiger partial charge >= 0.3 is 0 Å². The maximum Gasteiger partial charge on any atom is 0.148 e. The van der Waals surface area contributed by atoms with E-state index in [9.17, 15) is 8.78 Å². The molecular formula is C12H10F2N4S. The quantitative estimate of drug-likeness (QED) is 0.845. The van der Waals surface area contributed by atoms with Crippen molar-refractivity contribution in [3.05, 3.63) is 47.4 Å². The summed E-state index contributed by atoms with van der Waals surface area (Å²) in [5.74, 6) is -0.808. The predicted octanol–water partition coefficient (Wildman–Crippen LogP) is 2.44. The Morgan fingerprint density at radius 1 is 1.21 bits per heavy atom. The number of hydrogen-bond acceptors (Lipinski definition) is 4. The van der Waals surface area contributed by atoms with E-state index >= 15 is 0 Å². The van der Waals surface area contributed by atoms with Gasteiger partial charge in [-0.25, -0.2) is 18.7 Å². The van der Waals surface area contributed by atoms with Gasteiger partial charge in [0.15, 0.2) is 0 Å². The van der Waals surface area contributed by atoms with Gasteiger partial charge in [0, 0.05) is 6.07 Å². The number of aryl methyl sites for hydroxylation is 1. The molecule has 0 aliphatic carbocycles. The number of hydrogen-bond donors (Lipinski definition) is 2. The molecule has 98 valence electrons. The lowest BCUT2D eigenvalue weighted by molar-refractivity contribution is 0.595. The molecule has 0 saturated carbocycles. The van der Waals surface area contributed by atoms with E-state index in [0.717, 1.165) is 12.1 Å². The Bertz CT molecular complexity index is 628. The van der Waals surface area contributed by atoms with Gasteiger partial charge in [-0.2, -0.15) is 0 Å². The van der Waals surface area contributed by atoms with Gasteiger partial charge in [0.2, 0.25) is 0 Å². The average Bonchev–Trinajstić information content (AvgIpc) is 2.36. The van der Waals surface area contributed by atoms with Crippen LogP contribution in [0.1, 0.15) is 11.3 Å². The summed E-state index contributed by atoms with van der Waals surface area (Å²) in [6, 6.07) is 2.17. The standard InChI is InChI=1S/C12H10F2N4S/c1-6-2-8(14)9(3-7(6)13)18-11-5-16-10(4-17-11)12(15)19/h2-5H,1H3,(H2,15,19)(H,17,18). The zero-order valence-electron chi connectivity index (χ0n) is 9.95. The van der Waals surface area contributed by atoms with Crippen molar-refractivity contribution in [2.24, 2.45) is 5.73 Å². The third-order valence-electron chi connectivity index (χ3n) is 2.42. The van der Waals surface area contributed by atoms with Crippen LogP contribution in [-0.4, -0.2) is 15.0 Å². The molecule has 7 heteroatoms. The third-order valence-corrected chi connectivity index (χ3v) is 2.62. The topological polar surface area (TPSA) is 63.8 Å². The van der Waals surface area contributed by atoms with Crippen molar-refractivity contribution in [3.8, 4) is 0 Å². The maximum atomic E-state index is 13.6. The lowest BCUT2D eigenvalue weighted by Crippen LogP contribution is -2.12. The first-order valence-corrected chi connectivity index (χ1v) is 5.72. The van der Waals surface area contributed by atoms with Crippen LogP contribution in [0, 0.1) is 18.6 Å². The van der Waals surface area contributed by atoms with Crippen molar-refractivity contribution in [1.82, 2.24) is 9.97 Å². The lowest BCUT2D eigenvalue weighted by Gasteiger charge is -2.08. The summed E-state index contributed by atoms with van der Waals surface area (Å²) in [5, 5.41) is 2.63. The zero-order chi connectivity index (χ0) is 14.0. The second kappa shape index (κ2) is 5.23. The average molecular weight is 280 g/mol. The van der Waals surface area contributed by atoms with Gasteiger partial charge in [0.05, 0.1) is 18.1 Å². The van der Waals surface area contributed by atoms with Crippen molar-refractivity contribution >= 4 is 28.7 Å². The molecule has 0 aliphatic heterocycles. The predicted molar refractivity (Wildman–Crippen MR) is 72.3 cm³/mol. The highest BCUT2D eigenvalue weighted by Crippen LogP contribution is 2.21. The summed E-state index contributed by atoms with van der Waals surface area (Å²) < 4.78 is 27.0. The lowest BCUT2D eigenvalue weighted by atomic mass is 10.2. The van der Waals surface area contributed by atoms with Crippen LogP contribution in [-0.2, 0) is 0 Å². The molecular weight excluding hydrogens is 270 g/mol. The molecule has 0 amide bonds. The van der Waals surface area contributed by atoms with Gasteiger partial charge in [-0.05, 0) is 18.6 Å². The van der Waals surface area contributed by atoms with Crippen LogP contribution >= 0.6 is 12.2 Å². The summed E-state index contributed by atoms with van der Waals surface area (Å²) in [4.78, 5) is 8.01. The minimum absolute atomic E-state index is 0.0134. The van der Waals surface area contributed by atoms with Crippen molar-refractivity contribution in [3.63, 3.8) is 0 Å². The normalized spacial score (nSPS) is 10.3. The number of aromatic nitrogens is 2. The summed E-state index contributed by atoms with van der Waals surface area (Å²) in [6.45, 7) is 1.49. The Balaban J connectivity index is 2.26. The number of rotatable bonds is 3. The summed E-state index contributed by atoms with van der Waals surface area (Å²) >= 11 is 4.73. The molecule has 0 fully saturated rings.